The van der Waals surface area contributed by atoms with Gasteiger partial charge < -0.3 is 9.47 Å². The molecule has 6 heteroatoms. The van der Waals surface area contributed by atoms with Gasteiger partial charge in [-0.05, 0) is 24.1 Å². The van der Waals surface area contributed by atoms with Crippen LogP contribution in [0.1, 0.15) is 31.7 Å². The van der Waals surface area contributed by atoms with Gasteiger partial charge in [0.25, 0.3) is 0 Å². The third-order valence-corrected chi connectivity index (χ3v) is 4.66. The minimum absolute atomic E-state index is 0.112. The molecular weight excluding hydrogens is 350 g/mol. The predicted octanol–water partition coefficient (Wildman–Crippen LogP) is 2.96. The number of methoxy groups -OCH3 is 2. The lowest BCUT2D eigenvalue weighted by Gasteiger charge is -2.17. The number of rotatable bonds is 5. The molecule has 0 aromatic heterocycles. The molecule has 0 saturated carbocycles. The van der Waals surface area contributed by atoms with Crippen molar-refractivity contribution in [2.45, 2.75) is 26.2 Å². The first kappa shape index (κ1) is 16.8. The zero-order valence-electron chi connectivity index (χ0n) is 13.2. The molecule has 1 saturated heterocycles. The van der Waals surface area contributed by atoms with Gasteiger partial charge in [-0.15, -0.1) is 0 Å². The van der Waals surface area contributed by atoms with Gasteiger partial charge in [-0.25, -0.2) is 0 Å². The molecule has 1 heterocycles. The first-order chi connectivity index (χ1) is 10.5. The van der Waals surface area contributed by atoms with E-state index in [0.717, 1.165) is 16.5 Å². The molecule has 5 nitrogen and oxygen atoms in total. The molecule has 2 atom stereocenters. The minimum atomic E-state index is -0.492. The van der Waals surface area contributed by atoms with Gasteiger partial charge in [0, 0.05) is 11.0 Å². The Hall–Kier alpha value is -1.56. The second kappa shape index (κ2) is 6.69. The van der Waals surface area contributed by atoms with E-state index in [4.69, 9.17) is 9.47 Å². The van der Waals surface area contributed by atoms with E-state index < -0.39 is 5.92 Å². The molecule has 22 heavy (non-hydrogen) atoms. The van der Waals surface area contributed by atoms with Gasteiger partial charge in [0.05, 0.1) is 26.1 Å². The lowest BCUT2D eigenvalue weighted by atomic mass is 9.89. The minimum Gasteiger partial charge on any atom is -0.493 e. The van der Waals surface area contributed by atoms with Gasteiger partial charge >= 0.3 is 0 Å². The summed E-state index contributed by atoms with van der Waals surface area (Å²) in [5.74, 6) is -0.0115. The fraction of sp³-hybridized carbons (Fsp3) is 0.500. The first-order valence-corrected chi connectivity index (χ1v) is 8.02. The van der Waals surface area contributed by atoms with Crippen molar-refractivity contribution >= 4 is 27.7 Å². The number of imide groups is 1. The van der Waals surface area contributed by atoms with Gasteiger partial charge in [-0.3, -0.25) is 14.5 Å². The summed E-state index contributed by atoms with van der Waals surface area (Å²) in [6, 6.07) is 3.53. The number of carbonyl (C=O) groups is 2. The van der Waals surface area contributed by atoms with E-state index in [2.05, 4.69) is 15.9 Å². The summed E-state index contributed by atoms with van der Waals surface area (Å²) in [7, 11) is 3.10. The highest BCUT2D eigenvalue weighted by Gasteiger charge is 2.46. The molecule has 1 aromatic rings. The second-order valence-corrected chi connectivity index (χ2v) is 6.18. The fourth-order valence-corrected chi connectivity index (χ4v) is 3.40. The van der Waals surface area contributed by atoms with Gasteiger partial charge in [0.2, 0.25) is 11.8 Å². The van der Waals surface area contributed by atoms with Crippen molar-refractivity contribution in [2.24, 2.45) is 5.92 Å². The molecular formula is C16H20BrNO4. The number of hydrogen-bond donors (Lipinski definition) is 0. The predicted molar refractivity (Wildman–Crippen MR) is 86.2 cm³/mol. The van der Waals surface area contributed by atoms with E-state index in [1.807, 2.05) is 6.92 Å². The normalized spacial score (nSPS) is 21.4. The van der Waals surface area contributed by atoms with Crippen LogP contribution in [-0.2, 0) is 9.59 Å². The molecule has 0 spiro atoms. The maximum atomic E-state index is 12.6. The number of benzene rings is 1. The highest BCUT2D eigenvalue weighted by atomic mass is 79.9. The van der Waals surface area contributed by atoms with Crippen molar-refractivity contribution in [3.05, 3.63) is 22.2 Å². The summed E-state index contributed by atoms with van der Waals surface area (Å²) in [4.78, 5) is 26.3. The number of hydrogen-bond acceptors (Lipinski definition) is 4. The molecule has 0 unspecified atom stereocenters. The van der Waals surface area contributed by atoms with Crippen molar-refractivity contribution in [3.63, 3.8) is 0 Å². The van der Waals surface area contributed by atoms with Crippen LogP contribution in [0.25, 0.3) is 0 Å². The van der Waals surface area contributed by atoms with Crippen LogP contribution in [0.2, 0.25) is 0 Å². The van der Waals surface area contributed by atoms with Crippen molar-refractivity contribution < 1.29 is 19.1 Å². The van der Waals surface area contributed by atoms with Crippen LogP contribution >= 0.6 is 15.9 Å². The molecule has 1 aromatic carbocycles. The van der Waals surface area contributed by atoms with E-state index in [-0.39, 0.29) is 17.7 Å². The van der Waals surface area contributed by atoms with Gasteiger partial charge in [0.15, 0.2) is 11.5 Å². The van der Waals surface area contributed by atoms with E-state index in [9.17, 15) is 9.59 Å². The number of ether oxygens (including phenoxy) is 2. The zero-order valence-corrected chi connectivity index (χ0v) is 14.8. The number of amides is 2. The molecule has 2 rings (SSSR count). The second-order valence-electron chi connectivity index (χ2n) is 5.32. The Morgan fingerprint density at radius 1 is 1.14 bits per heavy atom. The summed E-state index contributed by atoms with van der Waals surface area (Å²) in [6.07, 6.45) is 0.754. The Morgan fingerprint density at radius 2 is 1.73 bits per heavy atom. The third kappa shape index (κ3) is 2.72. The standard InChI is InChI=1S/C16H20BrNO4/c1-5-6-18-15(19)9(2)14(16(18)20)10-7-12(21-3)13(22-4)8-11(10)17/h7-9,14H,5-6H2,1-4H3/t9-,14+/m1/s1. The van der Waals surface area contributed by atoms with Gasteiger partial charge in [-0.2, -0.15) is 0 Å². The van der Waals surface area contributed by atoms with E-state index in [0.29, 0.717) is 18.0 Å². The molecule has 0 N–H and O–H groups in total. The largest absolute Gasteiger partial charge is 0.493 e. The van der Waals surface area contributed by atoms with E-state index in [1.165, 1.54) is 4.90 Å². The zero-order chi connectivity index (χ0) is 16.4. The first-order valence-electron chi connectivity index (χ1n) is 7.22. The summed E-state index contributed by atoms with van der Waals surface area (Å²) >= 11 is 3.48. The Kier molecular flexibility index (Phi) is 5.11. The Morgan fingerprint density at radius 3 is 2.27 bits per heavy atom. The van der Waals surface area contributed by atoms with Crippen LogP contribution in [0, 0.1) is 5.92 Å². The average Bonchev–Trinajstić information content (AvgIpc) is 2.71. The molecule has 0 radical (unpaired) electrons. The number of halogens is 1. The van der Waals surface area contributed by atoms with Crippen molar-refractivity contribution in [1.82, 2.24) is 4.90 Å². The summed E-state index contributed by atoms with van der Waals surface area (Å²) < 4.78 is 11.3. The third-order valence-electron chi connectivity index (χ3n) is 3.97. The molecule has 1 aliphatic heterocycles. The Labute approximate surface area is 138 Å². The van der Waals surface area contributed by atoms with Crippen LogP contribution in [-0.4, -0.2) is 37.5 Å². The van der Waals surface area contributed by atoms with E-state index >= 15 is 0 Å². The highest BCUT2D eigenvalue weighted by molar-refractivity contribution is 9.10. The van der Waals surface area contributed by atoms with Crippen molar-refractivity contribution in [1.29, 1.82) is 0 Å². The molecule has 0 bridgehead atoms. The van der Waals surface area contributed by atoms with Crippen LogP contribution in [0.3, 0.4) is 0 Å². The molecule has 2 amide bonds. The number of likely N-dealkylation sites (tertiary alicyclic amines) is 1. The van der Waals surface area contributed by atoms with Gasteiger partial charge in [-0.1, -0.05) is 29.8 Å². The number of carbonyl (C=O) groups excluding carboxylic acids is 2. The Balaban J connectivity index is 2.47. The maximum Gasteiger partial charge on any atom is 0.237 e. The smallest absolute Gasteiger partial charge is 0.237 e. The summed E-state index contributed by atoms with van der Waals surface area (Å²) in [6.45, 7) is 4.21. The SMILES string of the molecule is CCCN1C(=O)[C@H](c2cc(OC)c(OC)cc2Br)[C@@H](C)C1=O. The van der Waals surface area contributed by atoms with Crippen LogP contribution in [0.15, 0.2) is 16.6 Å². The average molecular weight is 370 g/mol. The van der Waals surface area contributed by atoms with E-state index in [1.54, 1.807) is 33.3 Å². The van der Waals surface area contributed by atoms with Crippen LogP contribution in [0.4, 0.5) is 0 Å². The summed E-state index contributed by atoms with van der Waals surface area (Å²) in [5.41, 5.74) is 0.752. The quantitative estimate of drug-likeness (QED) is 0.748. The molecule has 0 aliphatic carbocycles. The van der Waals surface area contributed by atoms with Gasteiger partial charge in [0.1, 0.15) is 0 Å². The number of nitrogens with zero attached hydrogens (tertiary/aromatic N) is 1. The van der Waals surface area contributed by atoms with Crippen LogP contribution < -0.4 is 9.47 Å². The highest BCUT2D eigenvalue weighted by Crippen LogP contribution is 2.42. The molecule has 120 valence electrons. The summed E-state index contributed by atoms with van der Waals surface area (Å²) in [5, 5.41) is 0. The lowest BCUT2D eigenvalue weighted by Crippen LogP contribution is -2.31. The monoisotopic (exact) mass is 369 g/mol. The van der Waals surface area contributed by atoms with Crippen LogP contribution in [0.5, 0.6) is 11.5 Å². The lowest BCUT2D eigenvalue weighted by molar-refractivity contribution is -0.139. The van der Waals surface area contributed by atoms with Crippen molar-refractivity contribution in [2.75, 3.05) is 20.8 Å². The maximum absolute atomic E-state index is 12.6. The van der Waals surface area contributed by atoms with Crippen molar-refractivity contribution in [3.8, 4) is 11.5 Å². The molecule has 1 fully saturated rings. The Bertz CT molecular complexity index is 602. The fourth-order valence-electron chi connectivity index (χ4n) is 2.83. The molecule has 1 aliphatic rings. The topological polar surface area (TPSA) is 55.8 Å².